The first-order chi connectivity index (χ1) is 24.4. The SMILES string of the molecule is CCCCCCCCCCCCCCCCCCCC(O)C(COP(=O)(O)OCCN)NC(=O)CCCCCCCCCCCCCCCC. The molecular weight excluding hydrogens is 647 g/mol. The van der Waals surface area contributed by atoms with Crippen LogP contribution in [0.2, 0.25) is 0 Å². The fraction of sp³-hybridized carbons (Fsp3) is 0.976. The van der Waals surface area contributed by atoms with E-state index in [9.17, 15) is 19.4 Å². The molecule has 0 aliphatic heterocycles. The van der Waals surface area contributed by atoms with Gasteiger partial charge in [0.05, 0.1) is 25.4 Å². The van der Waals surface area contributed by atoms with Crippen LogP contribution in [0, 0.1) is 0 Å². The number of aliphatic hydroxyl groups is 1. The van der Waals surface area contributed by atoms with Gasteiger partial charge in [-0.3, -0.25) is 13.8 Å². The average Bonchev–Trinajstić information content (AvgIpc) is 3.10. The summed E-state index contributed by atoms with van der Waals surface area (Å²) in [6, 6.07) is -0.767. The summed E-state index contributed by atoms with van der Waals surface area (Å²) in [4.78, 5) is 22.7. The van der Waals surface area contributed by atoms with Crippen LogP contribution in [0.4, 0.5) is 0 Å². The molecule has 0 rings (SSSR count). The molecule has 0 radical (unpaired) electrons. The number of aliphatic hydroxyl groups excluding tert-OH is 1. The third kappa shape index (κ3) is 35.9. The summed E-state index contributed by atoms with van der Waals surface area (Å²) in [5.74, 6) is -0.158. The maximum Gasteiger partial charge on any atom is 0.472 e. The van der Waals surface area contributed by atoms with E-state index < -0.39 is 20.0 Å². The van der Waals surface area contributed by atoms with E-state index in [1.165, 1.54) is 161 Å². The molecule has 3 unspecified atom stereocenters. The number of carbonyl (C=O) groups is 1. The second-order valence-electron chi connectivity index (χ2n) is 14.9. The molecule has 0 aromatic carbocycles. The van der Waals surface area contributed by atoms with E-state index in [1.54, 1.807) is 0 Å². The van der Waals surface area contributed by atoms with Crippen LogP contribution >= 0.6 is 7.82 Å². The molecule has 0 heterocycles. The monoisotopic (exact) mass is 733 g/mol. The number of nitrogens with one attached hydrogen (secondary N) is 1. The van der Waals surface area contributed by atoms with Crippen LogP contribution in [-0.2, 0) is 18.4 Å². The molecule has 0 saturated carbocycles. The third-order valence-corrected chi connectivity index (χ3v) is 10.9. The maximum atomic E-state index is 12.7. The van der Waals surface area contributed by atoms with E-state index in [0.717, 1.165) is 38.5 Å². The molecular formula is C41H85N2O6P. The van der Waals surface area contributed by atoms with Crippen molar-refractivity contribution in [2.24, 2.45) is 5.73 Å². The number of phosphoric acid groups is 1. The molecule has 0 spiro atoms. The summed E-state index contributed by atoms with van der Waals surface area (Å²) < 4.78 is 22.2. The van der Waals surface area contributed by atoms with Gasteiger partial charge in [0.25, 0.3) is 0 Å². The molecule has 0 saturated heterocycles. The number of hydrogen-bond donors (Lipinski definition) is 4. The normalized spacial score (nSPS) is 14.1. The van der Waals surface area contributed by atoms with Crippen LogP contribution in [0.1, 0.15) is 226 Å². The second-order valence-corrected chi connectivity index (χ2v) is 16.4. The molecule has 3 atom stereocenters. The molecule has 9 heteroatoms. The van der Waals surface area contributed by atoms with Crippen molar-refractivity contribution in [2.45, 2.75) is 238 Å². The van der Waals surface area contributed by atoms with Gasteiger partial charge < -0.3 is 21.1 Å². The van der Waals surface area contributed by atoms with E-state index in [0.29, 0.717) is 12.8 Å². The molecule has 50 heavy (non-hydrogen) atoms. The van der Waals surface area contributed by atoms with Gasteiger partial charge in [0.15, 0.2) is 0 Å². The minimum atomic E-state index is -4.31. The van der Waals surface area contributed by atoms with E-state index in [1.807, 2.05) is 0 Å². The van der Waals surface area contributed by atoms with Crippen molar-refractivity contribution < 1.29 is 28.4 Å². The van der Waals surface area contributed by atoms with Gasteiger partial charge in [-0.1, -0.05) is 206 Å². The molecule has 1 amide bonds. The summed E-state index contributed by atoms with van der Waals surface area (Å²) in [5, 5.41) is 13.8. The Kier molecular flexibility index (Phi) is 37.8. The van der Waals surface area contributed by atoms with Crippen LogP contribution in [-0.4, -0.2) is 47.8 Å². The highest BCUT2D eigenvalue weighted by atomic mass is 31.2. The lowest BCUT2D eigenvalue weighted by molar-refractivity contribution is -0.123. The first-order valence-electron chi connectivity index (χ1n) is 21.7. The van der Waals surface area contributed by atoms with Gasteiger partial charge in [-0.25, -0.2) is 4.57 Å². The van der Waals surface area contributed by atoms with Gasteiger partial charge in [-0.05, 0) is 12.8 Å². The van der Waals surface area contributed by atoms with Gasteiger partial charge in [-0.2, -0.15) is 0 Å². The summed E-state index contributed by atoms with van der Waals surface area (Å²) in [6.07, 6.45) is 39.6. The molecule has 0 aromatic heterocycles. The number of nitrogens with two attached hydrogens (primary N) is 1. The first-order valence-corrected chi connectivity index (χ1v) is 23.1. The molecule has 0 aromatic rings. The van der Waals surface area contributed by atoms with Crippen LogP contribution in [0.3, 0.4) is 0 Å². The zero-order chi connectivity index (χ0) is 36.8. The summed E-state index contributed by atoms with van der Waals surface area (Å²) in [6.45, 7) is 4.23. The molecule has 5 N–H and O–H groups in total. The smallest absolute Gasteiger partial charge is 0.391 e. The Morgan fingerprint density at radius 2 is 0.920 bits per heavy atom. The zero-order valence-corrected chi connectivity index (χ0v) is 34.1. The topological polar surface area (TPSA) is 131 Å². The summed E-state index contributed by atoms with van der Waals surface area (Å²) in [5.41, 5.74) is 5.38. The lowest BCUT2D eigenvalue weighted by Gasteiger charge is -2.25. The van der Waals surface area contributed by atoms with E-state index in [2.05, 4.69) is 19.2 Å². The maximum absolute atomic E-state index is 12.7. The van der Waals surface area contributed by atoms with Crippen molar-refractivity contribution in [1.29, 1.82) is 0 Å². The number of carbonyl (C=O) groups excluding carboxylic acids is 1. The van der Waals surface area contributed by atoms with Crippen molar-refractivity contribution >= 4 is 13.7 Å². The second kappa shape index (κ2) is 38.2. The van der Waals surface area contributed by atoms with Crippen LogP contribution < -0.4 is 11.1 Å². The fourth-order valence-electron chi connectivity index (χ4n) is 6.67. The highest BCUT2D eigenvalue weighted by molar-refractivity contribution is 7.47. The summed E-state index contributed by atoms with van der Waals surface area (Å²) in [7, 11) is -4.31. The zero-order valence-electron chi connectivity index (χ0n) is 33.2. The highest BCUT2D eigenvalue weighted by Crippen LogP contribution is 2.43. The predicted molar refractivity (Wildman–Crippen MR) is 212 cm³/mol. The lowest BCUT2D eigenvalue weighted by atomic mass is 10.0. The summed E-state index contributed by atoms with van der Waals surface area (Å²) >= 11 is 0. The predicted octanol–water partition coefficient (Wildman–Crippen LogP) is 11.8. The van der Waals surface area contributed by atoms with E-state index in [-0.39, 0.29) is 25.7 Å². The van der Waals surface area contributed by atoms with E-state index in [4.69, 9.17) is 14.8 Å². The van der Waals surface area contributed by atoms with Crippen molar-refractivity contribution in [3.8, 4) is 0 Å². The Morgan fingerprint density at radius 1 is 0.580 bits per heavy atom. The number of amides is 1. The van der Waals surface area contributed by atoms with E-state index >= 15 is 0 Å². The van der Waals surface area contributed by atoms with Gasteiger partial charge in [0.1, 0.15) is 0 Å². The molecule has 0 bridgehead atoms. The van der Waals surface area contributed by atoms with Crippen molar-refractivity contribution in [1.82, 2.24) is 5.32 Å². The van der Waals surface area contributed by atoms with Gasteiger partial charge in [0.2, 0.25) is 5.91 Å². The Morgan fingerprint density at radius 3 is 1.28 bits per heavy atom. The minimum absolute atomic E-state index is 0.0925. The molecule has 0 fully saturated rings. The van der Waals surface area contributed by atoms with Crippen LogP contribution in [0.5, 0.6) is 0 Å². The Bertz CT molecular complexity index is 759. The Labute approximate surface area is 310 Å². The fourth-order valence-corrected chi connectivity index (χ4v) is 7.43. The highest BCUT2D eigenvalue weighted by Gasteiger charge is 2.27. The lowest BCUT2D eigenvalue weighted by Crippen LogP contribution is -2.46. The quantitative estimate of drug-likeness (QED) is 0.0363. The number of unbranched alkanes of at least 4 members (excludes halogenated alkanes) is 29. The van der Waals surface area contributed by atoms with Gasteiger partial charge in [0, 0.05) is 13.0 Å². The third-order valence-electron chi connectivity index (χ3n) is 9.96. The number of phosphoric ester groups is 1. The van der Waals surface area contributed by atoms with Crippen LogP contribution in [0.15, 0.2) is 0 Å². The largest absolute Gasteiger partial charge is 0.472 e. The minimum Gasteiger partial charge on any atom is -0.391 e. The number of hydrogen-bond acceptors (Lipinski definition) is 6. The first kappa shape index (κ1) is 49.5. The molecule has 300 valence electrons. The van der Waals surface area contributed by atoms with Crippen molar-refractivity contribution in [3.05, 3.63) is 0 Å². The number of rotatable bonds is 41. The van der Waals surface area contributed by atoms with Gasteiger partial charge >= 0.3 is 7.82 Å². The van der Waals surface area contributed by atoms with Crippen molar-refractivity contribution in [2.75, 3.05) is 19.8 Å². The molecule has 0 aliphatic carbocycles. The molecule has 8 nitrogen and oxygen atoms in total. The van der Waals surface area contributed by atoms with Gasteiger partial charge in [-0.15, -0.1) is 0 Å². The standard InChI is InChI=1S/C41H85N2O6P/c1-3-5-7-9-11-13-15-17-19-20-21-22-24-26-28-30-32-34-40(44)39(38-49-50(46,47)48-37-36-42)43-41(45)35-33-31-29-27-25-23-18-16-14-12-10-8-6-4-2/h39-40,44H,3-38,42H2,1-2H3,(H,43,45)(H,46,47). The molecule has 0 aliphatic rings. The van der Waals surface area contributed by atoms with Crippen molar-refractivity contribution in [3.63, 3.8) is 0 Å². The average molecular weight is 733 g/mol. The Hall–Kier alpha value is -0.500. The Balaban J connectivity index is 4.13. The van der Waals surface area contributed by atoms with Crippen LogP contribution in [0.25, 0.3) is 0 Å².